The summed E-state index contributed by atoms with van der Waals surface area (Å²) in [6.45, 7) is 0.298. The third-order valence-corrected chi connectivity index (χ3v) is 4.54. The first-order chi connectivity index (χ1) is 11.1. The van der Waals surface area contributed by atoms with Gasteiger partial charge in [0.1, 0.15) is 5.69 Å². The van der Waals surface area contributed by atoms with Crippen LogP contribution in [0.4, 0.5) is 0 Å². The fraction of sp³-hybridized carbons (Fsp3) is 0.444. The van der Waals surface area contributed by atoms with E-state index in [4.69, 9.17) is 0 Å². The Kier molecular flexibility index (Phi) is 4.76. The summed E-state index contributed by atoms with van der Waals surface area (Å²) in [6.07, 6.45) is 5.73. The molecule has 1 atom stereocenters. The molecular formula is C18H23N3O2. The first-order valence-electron chi connectivity index (χ1n) is 8.20. The number of rotatable bonds is 5. The van der Waals surface area contributed by atoms with Gasteiger partial charge in [0, 0.05) is 25.4 Å². The number of nitrogens with zero attached hydrogens (tertiary/aromatic N) is 2. The number of aliphatic hydroxyl groups is 1. The van der Waals surface area contributed by atoms with Gasteiger partial charge in [-0.3, -0.25) is 9.48 Å². The van der Waals surface area contributed by atoms with Crippen LogP contribution in [-0.4, -0.2) is 33.4 Å². The molecule has 0 aliphatic heterocycles. The first-order valence-corrected chi connectivity index (χ1v) is 8.20. The van der Waals surface area contributed by atoms with Crippen molar-refractivity contribution in [3.63, 3.8) is 0 Å². The van der Waals surface area contributed by atoms with Crippen molar-refractivity contribution in [1.29, 1.82) is 0 Å². The molecule has 1 heterocycles. The number of aliphatic hydroxyl groups excluding tert-OH is 1. The van der Waals surface area contributed by atoms with Gasteiger partial charge in [0.15, 0.2) is 0 Å². The Morgan fingerprint density at radius 1 is 1.35 bits per heavy atom. The Balaban J connectivity index is 1.70. The molecule has 2 N–H and O–H groups in total. The maximum atomic E-state index is 12.5. The molecule has 122 valence electrons. The molecule has 2 aromatic rings. The lowest BCUT2D eigenvalue weighted by Crippen LogP contribution is -2.35. The number of hydrogen-bond donors (Lipinski definition) is 2. The molecule has 1 aliphatic carbocycles. The average Bonchev–Trinajstić information content (AvgIpc) is 3.22. The van der Waals surface area contributed by atoms with Crippen LogP contribution in [0.5, 0.6) is 0 Å². The molecule has 23 heavy (non-hydrogen) atoms. The topological polar surface area (TPSA) is 67.2 Å². The minimum Gasteiger partial charge on any atom is -0.391 e. The van der Waals surface area contributed by atoms with Crippen LogP contribution < -0.4 is 5.32 Å². The predicted octanol–water partition coefficient (Wildman–Crippen LogP) is 2.37. The molecule has 5 heteroatoms. The lowest BCUT2D eigenvalue weighted by molar-refractivity contribution is 0.0841. The van der Waals surface area contributed by atoms with Crippen LogP contribution >= 0.6 is 0 Å². The van der Waals surface area contributed by atoms with E-state index in [1.165, 1.54) is 12.8 Å². The van der Waals surface area contributed by atoms with Crippen LogP contribution in [0.3, 0.4) is 0 Å². The predicted molar refractivity (Wildman–Crippen MR) is 88.9 cm³/mol. The van der Waals surface area contributed by atoms with Crippen molar-refractivity contribution in [3.8, 4) is 11.3 Å². The molecule has 1 aromatic carbocycles. The zero-order valence-electron chi connectivity index (χ0n) is 13.4. The van der Waals surface area contributed by atoms with Gasteiger partial charge < -0.3 is 10.4 Å². The third kappa shape index (κ3) is 3.62. The maximum absolute atomic E-state index is 12.5. The van der Waals surface area contributed by atoms with Gasteiger partial charge >= 0.3 is 0 Å². The van der Waals surface area contributed by atoms with Crippen LogP contribution in [0.1, 0.15) is 36.0 Å². The van der Waals surface area contributed by atoms with E-state index in [-0.39, 0.29) is 5.91 Å². The van der Waals surface area contributed by atoms with Crippen molar-refractivity contribution in [1.82, 2.24) is 15.1 Å². The summed E-state index contributed by atoms with van der Waals surface area (Å²) >= 11 is 0. The second-order valence-electron chi connectivity index (χ2n) is 6.25. The van der Waals surface area contributed by atoms with Crippen LogP contribution in [-0.2, 0) is 7.05 Å². The monoisotopic (exact) mass is 313 g/mol. The minimum atomic E-state index is -0.460. The molecule has 1 saturated carbocycles. The highest BCUT2D eigenvalue weighted by Gasteiger charge is 2.24. The standard InChI is InChI=1S/C18H23N3O2/c1-21-12-15(17(20-21)14-9-3-2-4-10-14)18(23)19-11-16(22)13-7-5-6-8-13/h2-4,9-10,12-13,16,22H,5-8,11H2,1H3,(H,19,23). The Labute approximate surface area is 136 Å². The summed E-state index contributed by atoms with van der Waals surface area (Å²) in [7, 11) is 1.80. The number of aryl methyl sites for hydroxylation is 1. The number of carbonyl (C=O) groups excluding carboxylic acids is 1. The van der Waals surface area contributed by atoms with Crippen molar-refractivity contribution in [2.45, 2.75) is 31.8 Å². The van der Waals surface area contributed by atoms with Gasteiger partial charge in [0.2, 0.25) is 0 Å². The molecule has 1 unspecified atom stereocenters. The van der Waals surface area contributed by atoms with Gasteiger partial charge in [0.25, 0.3) is 5.91 Å². The second-order valence-corrected chi connectivity index (χ2v) is 6.25. The third-order valence-electron chi connectivity index (χ3n) is 4.54. The van der Waals surface area contributed by atoms with Gasteiger partial charge in [-0.1, -0.05) is 43.2 Å². The highest BCUT2D eigenvalue weighted by molar-refractivity contribution is 5.99. The highest BCUT2D eigenvalue weighted by Crippen LogP contribution is 2.27. The Morgan fingerprint density at radius 3 is 2.74 bits per heavy atom. The fourth-order valence-electron chi connectivity index (χ4n) is 3.27. The number of aromatic nitrogens is 2. The van der Waals surface area contributed by atoms with Crippen LogP contribution in [0.15, 0.2) is 36.5 Å². The minimum absolute atomic E-state index is 0.186. The van der Waals surface area contributed by atoms with Gasteiger partial charge in [0.05, 0.1) is 11.7 Å². The van der Waals surface area contributed by atoms with E-state index < -0.39 is 6.10 Å². The number of carbonyl (C=O) groups is 1. The van der Waals surface area contributed by atoms with Crippen LogP contribution in [0.25, 0.3) is 11.3 Å². The van der Waals surface area contributed by atoms with E-state index in [1.54, 1.807) is 17.9 Å². The molecule has 1 aromatic heterocycles. The molecule has 1 amide bonds. The molecule has 5 nitrogen and oxygen atoms in total. The van der Waals surface area contributed by atoms with E-state index in [1.807, 2.05) is 30.3 Å². The molecule has 0 saturated heterocycles. The largest absolute Gasteiger partial charge is 0.391 e. The fourth-order valence-corrected chi connectivity index (χ4v) is 3.27. The van der Waals surface area contributed by atoms with E-state index in [9.17, 15) is 9.90 Å². The number of nitrogens with one attached hydrogen (secondary N) is 1. The van der Waals surface area contributed by atoms with Crippen molar-refractivity contribution in [3.05, 3.63) is 42.1 Å². The van der Waals surface area contributed by atoms with Gasteiger partial charge in [-0.2, -0.15) is 5.10 Å². The quantitative estimate of drug-likeness (QED) is 0.890. The number of hydrogen-bond acceptors (Lipinski definition) is 3. The molecule has 0 spiro atoms. The molecule has 0 bridgehead atoms. The van der Waals surface area contributed by atoms with Crippen molar-refractivity contribution < 1.29 is 9.90 Å². The normalized spacial score (nSPS) is 16.4. The Hall–Kier alpha value is -2.14. The zero-order valence-corrected chi connectivity index (χ0v) is 13.4. The summed E-state index contributed by atoms with van der Waals surface area (Å²) < 4.78 is 1.64. The van der Waals surface area contributed by atoms with Crippen molar-refractivity contribution >= 4 is 5.91 Å². The van der Waals surface area contributed by atoms with Crippen LogP contribution in [0.2, 0.25) is 0 Å². The zero-order chi connectivity index (χ0) is 16.2. The lowest BCUT2D eigenvalue weighted by Gasteiger charge is -2.18. The van der Waals surface area contributed by atoms with Gasteiger partial charge in [-0.15, -0.1) is 0 Å². The van der Waals surface area contributed by atoms with E-state index >= 15 is 0 Å². The maximum Gasteiger partial charge on any atom is 0.255 e. The molecule has 1 aliphatic rings. The lowest BCUT2D eigenvalue weighted by atomic mass is 10.0. The van der Waals surface area contributed by atoms with Gasteiger partial charge in [-0.25, -0.2) is 0 Å². The van der Waals surface area contributed by atoms with Crippen molar-refractivity contribution in [2.75, 3.05) is 6.54 Å². The molecule has 0 radical (unpaired) electrons. The van der Waals surface area contributed by atoms with E-state index in [0.29, 0.717) is 23.7 Å². The SMILES string of the molecule is Cn1cc(C(=O)NCC(O)C2CCCC2)c(-c2ccccc2)n1. The molecule has 1 fully saturated rings. The van der Waals surface area contributed by atoms with Crippen molar-refractivity contribution in [2.24, 2.45) is 13.0 Å². The van der Waals surface area contributed by atoms with Crippen LogP contribution in [0, 0.1) is 5.92 Å². The summed E-state index contributed by atoms with van der Waals surface area (Å²) in [5, 5.41) is 17.5. The Morgan fingerprint density at radius 2 is 2.04 bits per heavy atom. The first kappa shape index (κ1) is 15.7. The van der Waals surface area contributed by atoms with Gasteiger partial charge in [-0.05, 0) is 18.8 Å². The van der Waals surface area contributed by atoms with E-state index in [2.05, 4.69) is 10.4 Å². The highest BCUT2D eigenvalue weighted by atomic mass is 16.3. The summed E-state index contributed by atoms with van der Waals surface area (Å²) in [5.41, 5.74) is 2.12. The summed E-state index contributed by atoms with van der Waals surface area (Å²) in [5.74, 6) is 0.131. The van der Waals surface area contributed by atoms with E-state index in [0.717, 1.165) is 18.4 Å². The molecular weight excluding hydrogens is 290 g/mol. The molecule has 3 rings (SSSR count). The Bertz CT molecular complexity index is 660. The number of benzene rings is 1. The second kappa shape index (κ2) is 6.96. The number of amides is 1. The summed E-state index contributed by atoms with van der Waals surface area (Å²) in [6, 6.07) is 9.66. The average molecular weight is 313 g/mol. The summed E-state index contributed by atoms with van der Waals surface area (Å²) in [4.78, 5) is 12.5. The smallest absolute Gasteiger partial charge is 0.255 e.